The smallest absolute Gasteiger partial charge is 0.329 e. The summed E-state index contributed by atoms with van der Waals surface area (Å²) in [6.45, 7) is -0.616. The van der Waals surface area contributed by atoms with E-state index >= 15 is 0 Å². The zero-order chi connectivity index (χ0) is 25.1. The topological polar surface area (TPSA) is 233 Å². The van der Waals surface area contributed by atoms with Gasteiger partial charge in [-0.25, -0.2) is 9.59 Å². The van der Waals surface area contributed by atoms with Crippen molar-refractivity contribution < 1.29 is 24.6 Å². The van der Waals surface area contributed by atoms with E-state index in [4.69, 9.17) is 11.5 Å². The molecule has 1 aromatic heterocycles. The van der Waals surface area contributed by atoms with Crippen LogP contribution >= 0.6 is 0 Å². The summed E-state index contributed by atoms with van der Waals surface area (Å²) < 4.78 is 0.791. The Morgan fingerprint density at radius 2 is 1.88 bits per heavy atom. The molecule has 184 valence electrons. The number of aromatic amines is 1. The molecule has 1 heterocycles. The van der Waals surface area contributed by atoms with E-state index in [0.717, 1.165) is 10.1 Å². The highest BCUT2D eigenvalue weighted by molar-refractivity contribution is 5.83. The number of aromatic nitrogens is 2. The molecule has 9 N–H and O–H groups in total. The molecule has 0 spiro atoms. The van der Waals surface area contributed by atoms with Crippen LogP contribution in [-0.4, -0.2) is 57.7 Å². The van der Waals surface area contributed by atoms with E-state index in [9.17, 15) is 29.4 Å². The van der Waals surface area contributed by atoms with Crippen LogP contribution in [0.5, 0.6) is 5.88 Å². The van der Waals surface area contributed by atoms with E-state index in [2.05, 4.69) is 25.9 Å². The van der Waals surface area contributed by atoms with Gasteiger partial charge in [0.1, 0.15) is 6.54 Å². The Morgan fingerprint density at radius 3 is 2.53 bits per heavy atom. The number of hydrogen-bond acceptors (Lipinski definition) is 7. The van der Waals surface area contributed by atoms with Crippen LogP contribution < -0.4 is 38.2 Å². The molecule has 3 amide bonds. The number of nitrogens with two attached hydrogens (primary N) is 2. The fourth-order valence-corrected chi connectivity index (χ4v) is 2.89. The Morgan fingerprint density at radius 1 is 1.18 bits per heavy atom. The van der Waals surface area contributed by atoms with Crippen molar-refractivity contribution in [1.82, 2.24) is 25.5 Å². The number of urea groups is 1. The maximum atomic E-state index is 12.2. The molecule has 2 aromatic rings. The highest BCUT2D eigenvalue weighted by Crippen LogP contribution is 2.14. The van der Waals surface area contributed by atoms with Gasteiger partial charge < -0.3 is 47.4 Å². The second-order valence-corrected chi connectivity index (χ2v) is 7.22. The normalized spacial score (nSPS) is 11.3. The van der Waals surface area contributed by atoms with Crippen molar-refractivity contribution in [3.8, 4) is 5.88 Å². The molecule has 0 radical (unpaired) electrons. The van der Waals surface area contributed by atoms with E-state index in [1.165, 1.54) is 0 Å². The Labute approximate surface area is 194 Å². The summed E-state index contributed by atoms with van der Waals surface area (Å²) in [6, 6.07) is 6.67. The lowest BCUT2D eigenvalue weighted by Gasteiger charge is -2.20. The Hall–Kier alpha value is -4.49. The van der Waals surface area contributed by atoms with Gasteiger partial charge >= 0.3 is 11.7 Å². The maximum absolute atomic E-state index is 12.2. The number of aliphatic imine (C=N–C) groups is 1. The molecule has 1 atom stereocenters. The van der Waals surface area contributed by atoms with Gasteiger partial charge in [-0.2, -0.15) is 0 Å². The summed E-state index contributed by atoms with van der Waals surface area (Å²) in [6.07, 6.45) is 0.685. The van der Waals surface area contributed by atoms with Gasteiger partial charge in [0.2, 0.25) is 11.8 Å². The first kappa shape index (κ1) is 25.8. The van der Waals surface area contributed by atoms with Crippen molar-refractivity contribution >= 4 is 23.9 Å². The van der Waals surface area contributed by atoms with Crippen molar-refractivity contribution in [2.75, 3.05) is 13.1 Å². The van der Waals surface area contributed by atoms with Crippen LogP contribution in [0.2, 0.25) is 0 Å². The van der Waals surface area contributed by atoms with Crippen LogP contribution in [0.4, 0.5) is 4.79 Å². The van der Waals surface area contributed by atoms with Crippen LogP contribution in [-0.2, 0) is 29.1 Å². The number of H-pyrrole nitrogens is 1. The first-order valence-electron chi connectivity index (χ1n) is 10.3. The number of imidazole rings is 1. The lowest BCUT2D eigenvalue weighted by molar-refractivity contribution is -0.307. The van der Waals surface area contributed by atoms with Crippen molar-refractivity contribution in [2.24, 2.45) is 16.5 Å². The third-order valence-electron chi connectivity index (χ3n) is 4.60. The molecule has 34 heavy (non-hydrogen) atoms. The predicted molar refractivity (Wildman–Crippen MR) is 119 cm³/mol. The van der Waals surface area contributed by atoms with Gasteiger partial charge in [0.25, 0.3) is 0 Å². The molecule has 0 aliphatic heterocycles. The molecule has 0 fully saturated rings. The molecule has 1 aromatic carbocycles. The van der Waals surface area contributed by atoms with E-state index in [-0.39, 0.29) is 31.2 Å². The molecular formula is C20H27N8O6-. The number of aromatic hydroxyl groups is 1. The standard InChI is InChI=1S/C20H28N8O6/c21-18(22)23-8-4-7-13-16(30)28(20(34)27-13)11-15(29)24-10-14(17(31)32)26-19(33)25-9-12-5-2-1-3-6-12/h1-3,5-6,14,30H,4,7-11H2,(H,24,29)(H,27,34)(H,31,32)(H4,21,22,23)(H2,25,26,33)/p-1. The molecule has 2 rings (SSSR count). The SMILES string of the molecule is NC(N)=NCCCc1[nH]c(=O)n(CC(=O)NCC(NC(=O)NCc2ccccc2)C(=O)[O-])c1O. The molecule has 14 nitrogen and oxygen atoms in total. The van der Waals surface area contributed by atoms with Gasteiger partial charge in [0.15, 0.2) is 5.96 Å². The van der Waals surface area contributed by atoms with Crippen LogP contribution in [0.15, 0.2) is 40.1 Å². The molecule has 0 bridgehead atoms. The zero-order valence-corrected chi connectivity index (χ0v) is 18.2. The molecule has 0 saturated heterocycles. The van der Waals surface area contributed by atoms with Gasteiger partial charge in [-0.3, -0.25) is 14.4 Å². The minimum absolute atomic E-state index is 0.0787. The van der Waals surface area contributed by atoms with Crippen LogP contribution in [0, 0.1) is 0 Å². The number of rotatable bonds is 12. The minimum Gasteiger partial charge on any atom is -0.548 e. The first-order chi connectivity index (χ1) is 16.2. The number of carbonyl (C=O) groups excluding carboxylic acids is 3. The van der Waals surface area contributed by atoms with Crippen LogP contribution in [0.1, 0.15) is 17.7 Å². The van der Waals surface area contributed by atoms with Crippen molar-refractivity contribution in [1.29, 1.82) is 0 Å². The summed E-state index contributed by atoms with van der Waals surface area (Å²) in [7, 11) is 0. The van der Waals surface area contributed by atoms with E-state index in [1.807, 2.05) is 6.07 Å². The molecule has 0 saturated carbocycles. The zero-order valence-electron chi connectivity index (χ0n) is 18.2. The van der Waals surface area contributed by atoms with E-state index in [0.29, 0.717) is 6.42 Å². The number of amides is 3. The molecule has 14 heteroatoms. The first-order valence-corrected chi connectivity index (χ1v) is 10.3. The summed E-state index contributed by atoms with van der Waals surface area (Å²) >= 11 is 0. The largest absolute Gasteiger partial charge is 0.548 e. The Kier molecular flexibility index (Phi) is 9.49. The third-order valence-corrected chi connectivity index (χ3v) is 4.60. The van der Waals surface area contributed by atoms with Crippen LogP contribution in [0.3, 0.4) is 0 Å². The lowest BCUT2D eigenvalue weighted by Crippen LogP contribution is -2.55. The number of hydrogen-bond donors (Lipinski definition) is 7. The number of nitrogens with zero attached hydrogens (tertiary/aromatic N) is 2. The number of guanidine groups is 1. The molecular weight excluding hydrogens is 448 g/mol. The second kappa shape index (κ2) is 12.5. The maximum Gasteiger partial charge on any atom is 0.329 e. The van der Waals surface area contributed by atoms with E-state index < -0.39 is 48.6 Å². The highest BCUT2D eigenvalue weighted by atomic mass is 16.4. The molecule has 0 aliphatic rings. The summed E-state index contributed by atoms with van der Waals surface area (Å²) in [5.74, 6) is -2.88. The predicted octanol–water partition coefficient (Wildman–Crippen LogP) is -3.18. The number of carboxylic acids is 1. The number of benzene rings is 1. The minimum atomic E-state index is -1.61. The number of aliphatic carboxylic acids is 1. The monoisotopic (exact) mass is 475 g/mol. The van der Waals surface area contributed by atoms with Gasteiger partial charge in [0, 0.05) is 19.6 Å². The van der Waals surface area contributed by atoms with Gasteiger partial charge in [-0.1, -0.05) is 30.3 Å². The van der Waals surface area contributed by atoms with Crippen molar-refractivity contribution in [3.63, 3.8) is 0 Å². The molecule has 1 unspecified atom stereocenters. The van der Waals surface area contributed by atoms with Gasteiger partial charge in [-0.15, -0.1) is 0 Å². The number of nitrogens with one attached hydrogen (secondary N) is 4. The highest BCUT2D eigenvalue weighted by Gasteiger charge is 2.18. The lowest BCUT2D eigenvalue weighted by atomic mass is 10.2. The van der Waals surface area contributed by atoms with Crippen molar-refractivity contribution in [2.45, 2.75) is 32.0 Å². The number of aryl methyl sites for hydroxylation is 1. The average Bonchev–Trinajstić information content (AvgIpc) is 3.06. The number of carbonyl (C=O) groups is 3. The summed E-state index contributed by atoms with van der Waals surface area (Å²) in [4.78, 5) is 53.8. The Bertz CT molecular complexity index is 1070. The second-order valence-electron chi connectivity index (χ2n) is 7.22. The number of carboxylic acid groups (broad SMARTS) is 1. The van der Waals surface area contributed by atoms with Crippen molar-refractivity contribution in [3.05, 3.63) is 52.1 Å². The fraction of sp³-hybridized carbons (Fsp3) is 0.350. The van der Waals surface area contributed by atoms with E-state index in [1.54, 1.807) is 24.3 Å². The molecule has 0 aliphatic carbocycles. The average molecular weight is 475 g/mol. The van der Waals surface area contributed by atoms with Gasteiger partial charge in [-0.05, 0) is 18.4 Å². The Balaban J connectivity index is 1.85. The fourth-order valence-electron chi connectivity index (χ4n) is 2.89. The van der Waals surface area contributed by atoms with Gasteiger partial charge in [0.05, 0.1) is 17.7 Å². The summed E-state index contributed by atoms with van der Waals surface area (Å²) in [5.41, 5.74) is 10.7. The quantitative estimate of drug-likeness (QED) is 0.0937. The third kappa shape index (κ3) is 8.22. The van der Waals surface area contributed by atoms with Crippen LogP contribution in [0.25, 0.3) is 0 Å². The summed E-state index contributed by atoms with van der Waals surface area (Å²) in [5, 5.41) is 28.5.